The SMILES string of the molecule is CCNCCNCC(CC(c1cnc[nH]1)C1NC(=O)C2(CCCC2)C1CC1C(O)C(OC2OCC(O)C(O)C2O)C(C)(CO)C2CCC3(C)C(CC=C4C5CC(C)(CO)CCC5(C(=O)O)CCC43C)C12C)C(N)O. The number of aromatic nitrogens is 2. The van der Waals surface area contributed by atoms with Crippen molar-refractivity contribution in [2.45, 2.75) is 186 Å². The van der Waals surface area contributed by atoms with E-state index >= 15 is 4.79 Å². The molecule has 21 atom stereocenters. The van der Waals surface area contributed by atoms with Crippen molar-refractivity contribution in [2.75, 3.05) is 46.0 Å². The Bertz CT molecular complexity index is 2180. The van der Waals surface area contributed by atoms with E-state index in [1.165, 1.54) is 5.57 Å². The summed E-state index contributed by atoms with van der Waals surface area (Å²) < 4.78 is 12.7. The van der Waals surface area contributed by atoms with Crippen molar-refractivity contribution >= 4 is 11.9 Å². The smallest absolute Gasteiger partial charge is 0.310 e. The molecule has 14 N–H and O–H groups in total. The molecule has 0 radical (unpaired) electrons. The zero-order chi connectivity index (χ0) is 53.4. The van der Waals surface area contributed by atoms with Crippen LogP contribution in [0.2, 0.25) is 0 Å². The number of aliphatic hydroxyl groups excluding tert-OH is 7. The largest absolute Gasteiger partial charge is 0.481 e. The normalized spacial score (nSPS) is 45.9. The Balaban J connectivity index is 1.17. The van der Waals surface area contributed by atoms with Crippen LogP contribution in [-0.4, -0.2) is 158 Å². The maximum atomic E-state index is 15.1. The van der Waals surface area contributed by atoms with Crippen molar-refractivity contribution < 1.29 is 59.9 Å². The highest BCUT2D eigenvalue weighted by Crippen LogP contribution is 2.77. The number of hydrogen-bond donors (Lipinski definition) is 13. The molecule has 1 aromatic rings. The van der Waals surface area contributed by atoms with Gasteiger partial charge in [0.15, 0.2) is 6.29 Å². The number of hydrogen-bond acceptors (Lipinski definition) is 15. The van der Waals surface area contributed by atoms with Crippen LogP contribution >= 0.6 is 0 Å². The molecule has 1 aromatic heterocycles. The number of fused-ring (bicyclic) bond motifs is 7. The van der Waals surface area contributed by atoms with Crippen molar-refractivity contribution in [3.05, 3.63) is 29.9 Å². The number of aliphatic hydroxyl groups is 7. The summed E-state index contributed by atoms with van der Waals surface area (Å²) in [5.41, 5.74) is 3.55. The zero-order valence-corrected chi connectivity index (χ0v) is 45.0. The summed E-state index contributed by atoms with van der Waals surface area (Å²) in [6.45, 7) is 15.1. The number of carbonyl (C=O) groups is 2. The average Bonchev–Trinajstić information content (AvgIpc) is 4.15. The number of carbonyl (C=O) groups excluding carboxylic acids is 1. The molecule has 21 unspecified atom stereocenters. The Morgan fingerprint density at radius 3 is 2.30 bits per heavy atom. The minimum absolute atomic E-state index is 0.0167. The van der Waals surface area contributed by atoms with Crippen LogP contribution in [-0.2, 0) is 19.1 Å². The second-order valence-electron chi connectivity index (χ2n) is 26.3. The molecule has 5 saturated carbocycles. The molecular formula is C56H92N6O12. The molecular weight excluding hydrogens is 949 g/mol. The standard InChI is InChI=1S/C56H92N6O12/c1-7-58-20-21-59-25-31(46(57)69)22-32(37-26-60-30-61-37)41-34(55(48(70)62-41)13-8-9-14-55)23-35-42(66)45(74-47-44(68)43(67)38(65)27-73-47)51(3,29-64)39-12-15-53(5)40(54(35,39)6)11-10-33-36-24-50(2,28-63)16-18-56(36,49(71)72)19-17-52(33,53)4/h10,26,30-32,34-36,38-47,58-59,63-69H,7-9,11-25,27-29,57H2,1-6H3,(H,60,61)(H,62,70)(H,71,72). The second kappa shape index (κ2) is 20.9. The van der Waals surface area contributed by atoms with Crippen LogP contribution < -0.4 is 21.7 Å². The van der Waals surface area contributed by atoms with Gasteiger partial charge in [0.05, 0.1) is 42.6 Å². The third-order valence-corrected chi connectivity index (χ3v) is 23.0. The number of nitrogens with one attached hydrogen (secondary N) is 4. The number of nitrogens with zero attached hydrogens (tertiary/aromatic N) is 1. The van der Waals surface area contributed by atoms with E-state index in [0.717, 1.165) is 38.0 Å². The Kier molecular flexibility index (Phi) is 15.9. The first-order chi connectivity index (χ1) is 35.1. The van der Waals surface area contributed by atoms with Gasteiger partial charge in [-0.3, -0.25) is 9.59 Å². The van der Waals surface area contributed by atoms with E-state index in [9.17, 15) is 45.6 Å². The summed E-state index contributed by atoms with van der Waals surface area (Å²) in [6, 6.07) is -0.469. The maximum absolute atomic E-state index is 15.1. The molecule has 7 fully saturated rings. The van der Waals surface area contributed by atoms with E-state index in [1.54, 1.807) is 12.5 Å². The second-order valence-corrected chi connectivity index (χ2v) is 26.3. The molecule has 18 nitrogen and oxygen atoms in total. The highest BCUT2D eigenvalue weighted by molar-refractivity contribution is 5.86. The molecule has 418 valence electrons. The molecule has 6 aliphatic carbocycles. The van der Waals surface area contributed by atoms with Gasteiger partial charge in [0.2, 0.25) is 5.91 Å². The van der Waals surface area contributed by atoms with Gasteiger partial charge in [-0.05, 0) is 135 Å². The first-order valence-corrected chi connectivity index (χ1v) is 28.3. The van der Waals surface area contributed by atoms with Gasteiger partial charge < -0.3 is 77.0 Å². The number of rotatable bonds is 18. The third kappa shape index (κ3) is 8.77. The molecule has 18 heteroatoms. The molecule has 1 spiro atoms. The molecule has 74 heavy (non-hydrogen) atoms. The predicted molar refractivity (Wildman–Crippen MR) is 274 cm³/mol. The van der Waals surface area contributed by atoms with Crippen LogP contribution in [0.3, 0.4) is 0 Å². The fourth-order valence-electron chi connectivity index (χ4n) is 18.3. The molecule has 0 bridgehead atoms. The number of aliphatic carboxylic acids is 1. The summed E-state index contributed by atoms with van der Waals surface area (Å²) in [7, 11) is 0. The van der Waals surface area contributed by atoms with E-state index in [0.29, 0.717) is 83.7 Å². The van der Waals surface area contributed by atoms with Crippen LogP contribution in [0.4, 0.5) is 0 Å². The predicted octanol–water partition coefficient (Wildman–Crippen LogP) is 2.89. The molecule has 9 rings (SSSR count). The fourth-order valence-corrected chi connectivity index (χ4v) is 18.3. The van der Waals surface area contributed by atoms with Gasteiger partial charge in [-0.2, -0.15) is 0 Å². The minimum Gasteiger partial charge on any atom is -0.481 e. The van der Waals surface area contributed by atoms with Crippen LogP contribution in [0.5, 0.6) is 0 Å². The Morgan fingerprint density at radius 2 is 1.65 bits per heavy atom. The highest BCUT2D eigenvalue weighted by Gasteiger charge is 2.74. The summed E-state index contributed by atoms with van der Waals surface area (Å²) >= 11 is 0. The fraction of sp³-hybridized carbons (Fsp3) is 0.875. The lowest BCUT2D eigenvalue weighted by Gasteiger charge is -2.73. The topological polar surface area (TPSA) is 305 Å². The maximum Gasteiger partial charge on any atom is 0.310 e. The van der Waals surface area contributed by atoms with E-state index < -0.39 is 105 Å². The van der Waals surface area contributed by atoms with Gasteiger partial charge in [0.1, 0.15) is 24.5 Å². The number of H-pyrrole nitrogens is 1. The number of nitrogens with two attached hydrogens (primary N) is 1. The van der Waals surface area contributed by atoms with Crippen molar-refractivity contribution in [1.29, 1.82) is 0 Å². The van der Waals surface area contributed by atoms with E-state index in [2.05, 4.69) is 59.7 Å². The first kappa shape index (κ1) is 56.1. The van der Waals surface area contributed by atoms with E-state index in [4.69, 9.17) is 15.2 Å². The molecule has 3 heterocycles. The Morgan fingerprint density at radius 1 is 0.932 bits per heavy atom. The summed E-state index contributed by atoms with van der Waals surface area (Å²) in [5.74, 6) is -3.09. The summed E-state index contributed by atoms with van der Waals surface area (Å²) in [6.07, 6.45) is 4.95. The molecule has 2 aliphatic heterocycles. The number of amides is 1. The molecule has 8 aliphatic rings. The number of likely N-dealkylation sites (N-methyl/N-ethyl adjacent to an activating group) is 1. The minimum atomic E-state index is -1.64. The van der Waals surface area contributed by atoms with Crippen molar-refractivity contribution in [2.24, 2.45) is 79.1 Å². The van der Waals surface area contributed by atoms with Gasteiger partial charge in [0, 0.05) is 61.4 Å². The third-order valence-electron chi connectivity index (χ3n) is 23.0. The van der Waals surface area contributed by atoms with Crippen LogP contribution in [0.25, 0.3) is 0 Å². The summed E-state index contributed by atoms with van der Waals surface area (Å²) in [4.78, 5) is 36.5. The van der Waals surface area contributed by atoms with Gasteiger partial charge in [-0.15, -0.1) is 0 Å². The lowest BCUT2D eigenvalue weighted by atomic mass is 9.31. The van der Waals surface area contributed by atoms with Gasteiger partial charge >= 0.3 is 5.97 Å². The number of allylic oxidation sites excluding steroid dienone is 2. The zero-order valence-electron chi connectivity index (χ0n) is 45.0. The number of aromatic amines is 1. The quantitative estimate of drug-likeness (QED) is 0.0435. The summed E-state index contributed by atoms with van der Waals surface area (Å²) in [5, 5.41) is 102. The lowest BCUT2D eigenvalue weighted by molar-refractivity contribution is -0.340. The van der Waals surface area contributed by atoms with E-state index in [-0.39, 0.29) is 55.3 Å². The van der Waals surface area contributed by atoms with Crippen molar-refractivity contribution in [3.63, 3.8) is 0 Å². The van der Waals surface area contributed by atoms with Crippen LogP contribution in [0.15, 0.2) is 24.2 Å². The number of imidazole rings is 1. The lowest BCUT2D eigenvalue weighted by Crippen LogP contribution is -2.72. The monoisotopic (exact) mass is 1040 g/mol. The highest BCUT2D eigenvalue weighted by atomic mass is 16.7. The average molecular weight is 1040 g/mol. The van der Waals surface area contributed by atoms with Crippen LogP contribution in [0.1, 0.15) is 143 Å². The van der Waals surface area contributed by atoms with E-state index in [1.807, 2.05) is 13.8 Å². The van der Waals surface area contributed by atoms with Gasteiger partial charge in [-0.25, -0.2) is 4.98 Å². The number of carboxylic acids is 1. The van der Waals surface area contributed by atoms with Crippen molar-refractivity contribution in [1.82, 2.24) is 25.9 Å². The Labute approximate surface area is 437 Å². The molecule has 0 aromatic carbocycles. The first-order valence-electron chi connectivity index (χ1n) is 28.3. The van der Waals surface area contributed by atoms with Gasteiger partial charge in [-0.1, -0.05) is 66.0 Å². The molecule has 2 saturated heterocycles. The van der Waals surface area contributed by atoms with Gasteiger partial charge in [0.25, 0.3) is 0 Å². The number of carboxylic acid groups (broad SMARTS) is 1. The molecule has 1 amide bonds. The van der Waals surface area contributed by atoms with Crippen molar-refractivity contribution in [3.8, 4) is 0 Å². The Hall–Kier alpha value is -2.59. The number of ether oxygens (including phenoxy) is 2. The van der Waals surface area contributed by atoms with Crippen LogP contribution in [0, 0.1) is 73.4 Å².